The van der Waals surface area contributed by atoms with Crippen LogP contribution >= 0.6 is 11.6 Å². The average Bonchev–Trinajstić information content (AvgIpc) is 2.60. The standard InChI is InChI=1S/C18H14ClNO4/c1-23-17-11-12(10-15(19)18(17)22)2-7-16(21)13-3-5-14(6-4-13)24-9-8-20/h2-7,10-11,22H,9H2,1H3/b7-2+. The van der Waals surface area contributed by atoms with Crippen molar-refractivity contribution in [2.24, 2.45) is 0 Å². The molecular formula is C18H14ClNO4. The number of phenols is 1. The van der Waals surface area contributed by atoms with Gasteiger partial charge in [-0.25, -0.2) is 0 Å². The van der Waals surface area contributed by atoms with Gasteiger partial charge in [0.1, 0.15) is 11.8 Å². The van der Waals surface area contributed by atoms with Gasteiger partial charge in [0.2, 0.25) is 0 Å². The van der Waals surface area contributed by atoms with Crippen LogP contribution in [0.5, 0.6) is 17.2 Å². The Hall–Kier alpha value is -2.97. The molecule has 0 amide bonds. The Bertz CT molecular complexity index is 807. The van der Waals surface area contributed by atoms with E-state index in [1.165, 1.54) is 19.3 Å². The van der Waals surface area contributed by atoms with Crippen molar-refractivity contribution in [3.05, 3.63) is 58.6 Å². The summed E-state index contributed by atoms with van der Waals surface area (Å²) in [5.41, 5.74) is 1.10. The van der Waals surface area contributed by atoms with Gasteiger partial charge in [-0.15, -0.1) is 0 Å². The molecule has 2 aromatic rings. The average molecular weight is 344 g/mol. The van der Waals surface area contributed by atoms with Crippen molar-refractivity contribution in [3.63, 3.8) is 0 Å². The van der Waals surface area contributed by atoms with Gasteiger partial charge in [0.05, 0.1) is 12.1 Å². The molecule has 0 saturated heterocycles. The van der Waals surface area contributed by atoms with Crippen LogP contribution in [-0.4, -0.2) is 24.6 Å². The molecule has 0 aromatic heterocycles. The van der Waals surface area contributed by atoms with E-state index in [9.17, 15) is 9.90 Å². The zero-order valence-corrected chi connectivity index (χ0v) is 13.6. The van der Waals surface area contributed by atoms with Crippen LogP contribution in [0.25, 0.3) is 6.08 Å². The molecule has 0 aliphatic heterocycles. The number of phenolic OH excluding ortho intramolecular Hbond substituents is 1. The van der Waals surface area contributed by atoms with Gasteiger partial charge in [-0.1, -0.05) is 17.7 Å². The lowest BCUT2D eigenvalue weighted by atomic mass is 10.1. The number of hydrogen-bond acceptors (Lipinski definition) is 5. The maximum atomic E-state index is 12.2. The second-order valence-corrected chi connectivity index (χ2v) is 5.13. The van der Waals surface area contributed by atoms with E-state index in [-0.39, 0.29) is 28.9 Å². The molecule has 0 bridgehead atoms. The fourth-order valence-corrected chi connectivity index (χ4v) is 2.16. The molecule has 122 valence electrons. The highest BCUT2D eigenvalue weighted by atomic mass is 35.5. The van der Waals surface area contributed by atoms with Gasteiger partial charge in [-0.3, -0.25) is 4.79 Å². The highest BCUT2D eigenvalue weighted by Gasteiger charge is 2.08. The lowest BCUT2D eigenvalue weighted by Gasteiger charge is -2.06. The Balaban J connectivity index is 2.13. The number of allylic oxidation sites excluding steroid dienone is 1. The van der Waals surface area contributed by atoms with E-state index in [0.29, 0.717) is 16.9 Å². The first-order valence-electron chi connectivity index (χ1n) is 6.94. The molecule has 1 N–H and O–H groups in total. The first-order valence-corrected chi connectivity index (χ1v) is 7.31. The minimum Gasteiger partial charge on any atom is -0.503 e. The molecule has 24 heavy (non-hydrogen) atoms. The molecule has 0 saturated carbocycles. The van der Waals surface area contributed by atoms with E-state index in [0.717, 1.165) is 0 Å². The molecule has 2 rings (SSSR count). The number of carbonyl (C=O) groups is 1. The molecule has 0 heterocycles. The first kappa shape index (κ1) is 17.4. The Morgan fingerprint density at radius 1 is 1.33 bits per heavy atom. The highest BCUT2D eigenvalue weighted by molar-refractivity contribution is 6.32. The van der Waals surface area contributed by atoms with Gasteiger partial charge in [0, 0.05) is 5.56 Å². The number of ether oxygens (including phenoxy) is 2. The number of methoxy groups -OCH3 is 1. The normalized spacial score (nSPS) is 10.4. The van der Waals surface area contributed by atoms with Crippen LogP contribution in [-0.2, 0) is 0 Å². The van der Waals surface area contributed by atoms with Crippen molar-refractivity contribution in [3.8, 4) is 23.3 Å². The van der Waals surface area contributed by atoms with E-state index in [1.807, 2.05) is 6.07 Å². The van der Waals surface area contributed by atoms with Gasteiger partial charge in [0.15, 0.2) is 23.9 Å². The maximum absolute atomic E-state index is 12.2. The predicted molar refractivity (Wildman–Crippen MR) is 90.6 cm³/mol. The van der Waals surface area contributed by atoms with Crippen LogP contribution in [0.15, 0.2) is 42.5 Å². The molecule has 0 fully saturated rings. The van der Waals surface area contributed by atoms with Crippen LogP contribution < -0.4 is 9.47 Å². The first-order chi connectivity index (χ1) is 11.5. The molecule has 5 nitrogen and oxygen atoms in total. The summed E-state index contributed by atoms with van der Waals surface area (Å²) < 4.78 is 10.1. The summed E-state index contributed by atoms with van der Waals surface area (Å²) in [7, 11) is 1.42. The Morgan fingerprint density at radius 2 is 2.04 bits per heavy atom. The van der Waals surface area contributed by atoms with Crippen LogP contribution in [0, 0.1) is 11.3 Å². The second-order valence-electron chi connectivity index (χ2n) is 4.72. The third-order valence-electron chi connectivity index (χ3n) is 3.14. The van der Waals surface area contributed by atoms with Crippen molar-refractivity contribution in [1.29, 1.82) is 5.26 Å². The number of nitrogens with zero attached hydrogens (tertiary/aromatic N) is 1. The van der Waals surface area contributed by atoms with Crippen molar-refractivity contribution in [2.45, 2.75) is 0 Å². The van der Waals surface area contributed by atoms with Crippen molar-refractivity contribution >= 4 is 23.5 Å². The number of hydrogen-bond donors (Lipinski definition) is 1. The van der Waals surface area contributed by atoms with E-state index in [4.69, 9.17) is 26.3 Å². The quantitative estimate of drug-likeness (QED) is 0.636. The third kappa shape index (κ3) is 4.28. The van der Waals surface area contributed by atoms with E-state index in [2.05, 4.69) is 0 Å². The zero-order valence-electron chi connectivity index (χ0n) is 12.8. The Labute approximate surface area is 144 Å². The van der Waals surface area contributed by atoms with Crippen molar-refractivity contribution in [2.75, 3.05) is 13.7 Å². The summed E-state index contributed by atoms with van der Waals surface area (Å²) in [6.45, 7) is -0.0450. The van der Waals surface area contributed by atoms with Gasteiger partial charge in [-0.2, -0.15) is 5.26 Å². The van der Waals surface area contributed by atoms with Gasteiger partial charge < -0.3 is 14.6 Å². The van der Waals surface area contributed by atoms with Crippen molar-refractivity contribution in [1.82, 2.24) is 0 Å². The molecule has 0 radical (unpaired) electrons. The topological polar surface area (TPSA) is 79.5 Å². The summed E-state index contributed by atoms with van der Waals surface area (Å²) in [5.74, 6) is 0.404. The molecule has 0 atom stereocenters. The van der Waals surface area contributed by atoms with Crippen LogP contribution in [0.2, 0.25) is 5.02 Å². The summed E-state index contributed by atoms with van der Waals surface area (Å²) in [6.07, 6.45) is 2.98. The fraction of sp³-hybridized carbons (Fsp3) is 0.111. The zero-order chi connectivity index (χ0) is 17.5. The Morgan fingerprint density at radius 3 is 2.67 bits per heavy atom. The molecule has 0 spiro atoms. The largest absolute Gasteiger partial charge is 0.503 e. The molecule has 0 aliphatic carbocycles. The van der Waals surface area contributed by atoms with Gasteiger partial charge in [-0.05, 0) is 48.0 Å². The smallest absolute Gasteiger partial charge is 0.185 e. The van der Waals surface area contributed by atoms with E-state index >= 15 is 0 Å². The number of nitriles is 1. The molecular weight excluding hydrogens is 330 g/mol. The van der Waals surface area contributed by atoms with Gasteiger partial charge in [0.25, 0.3) is 0 Å². The maximum Gasteiger partial charge on any atom is 0.185 e. The van der Waals surface area contributed by atoms with Gasteiger partial charge >= 0.3 is 0 Å². The number of rotatable bonds is 6. The number of ketones is 1. The monoisotopic (exact) mass is 343 g/mol. The number of benzene rings is 2. The fourth-order valence-electron chi connectivity index (χ4n) is 1.94. The molecule has 2 aromatic carbocycles. The minimum absolute atomic E-state index is 0.0450. The summed E-state index contributed by atoms with van der Waals surface area (Å²) in [4.78, 5) is 12.2. The second kappa shape index (κ2) is 8.04. The summed E-state index contributed by atoms with van der Waals surface area (Å²) >= 11 is 5.90. The van der Waals surface area contributed by atoms with Crippen molar-refractivity contribution < 1.29 is 19.4 Å². The predicted octanol–water partition coefficient (Wildman–Crippen LogP) is 3.85. The molecule has 0 unspecified atom stereocenters. The number of carbonyl (C=O) groups excluding carboxylic acids is 1. The molecule has 6 heteroatoms. The van der Waals surface area contributed by atoms with Crippen LogP contribution in [0.4, 0.5) is 0 Å². The Kier molecular flexibility index (Phi) is 5.83. The highest BCUT2D eigenvalue weighted by Crippen LogP contribution is 2.35. The lowest BCUT2D eigenvalue weighted by Crippen LogP contribution is -1.96. The van der Waals surface area contributed by atoms with E-state index < -0.39 is 0 Å². The number of aromatic hydroxyl groups is 1. The summed E-state index contributed by atoms with van der Waals surface area (Å²) in [6, 6.07) is 11.5. The lowest BCUT2D eigenvalue weighted by molar-refractivity contribution is 0.104. The van der Waals surface area contributed by atoms with Crippen LogP contribution in [0.1, 0.15) is 15.9 Å². The van der Waals surface area contributed by atoms with E-state index in [1.54, 1.807) is 36.4 Å². The third-order valence-corrected chi connectivity index (χ3v) is 3.43. The minimum atomic E-state index is -0.204. The molecule has 0 aliphatic rings. The summed E-state index contributed by atoms with van der Waals surface area (Å²) in [5, 5.41) is 18.3. The SMILES string of the molecule is COc1cc(/C=C/C(=O)c2ccc(OCC#N)cc2)cc(Cl)c1O. The number of halogens is 1. The van der Waals surface area contributed by atoms with Crippen LogP contribution in [0.3, 0.4) is 0 Å².